The van der Waals surface area contributed by atoms with Gasteiger partial charge in [0, 0.05) is 0 Å². The highest BCUT2D eigenvalue weighted by molar-refractivity contribution is 5.85. The van der Waals surface area contributed by atoms with Crippen LogP contribution >= 0.6 is 0 Å². The molecular formula is C12H12O2. The van der Waals surface area contributed by atoms with Gasteiger partial charge in [0.1, 0.15) is 11.5 Å². The van der Waals surface area contributed by atoms with Gasteiger partial charge in [0.25, 0.3) is 0 Å². The summed E-state index contributed by atoms with van der Waals surface area (Å²) in [5, 5.41) is 1.45. The quantitative estimate of drug-likeness (QED) is 0.732. The van der Waals surface area contributed by atoms with Crippen molar-refractivity contribution in [3.63, 3.8) is 0 Å². The predicted octanol–water partition coefficient (Wildman–Crippen LogP) is 2.86. The van der Waals surface area contributed by atoms with Crippen molar-refractivity contribution < 1.29 is 17.7 Å². The van der Waals surface area contributed by atoms with Crippen LogP contribution in [0.5, 0.6) is 11.5 Å². The number of benzene rings is 2. The normalized spacial score (nSPS) is 18.3. The third-order valence-corrected chi connectivity index (χ3v) is 2.02. The molecule has 2 nitrogen and oxygen atoms in total. The molecule has 0 N–H and O–H groups in total. The summed E-state index contributed by atoms with van der Waals surface area (Å²) in [4.78, 5) is 0. The number of hydrogen-bond acceptors (Lipinski definition) is 2. The van der Waals surface area contributed by atoms with E-state index in [0.29, 0.717) is 5.39 Å². The van der Waals surface area contributed by atoms with Crippen molar-refractivity contribution in [1.82, 2.24) is 0 Å². The largest absolute Gasteiger partial charge is 0.497 e. The topological polar surface area (TPSA) is 18.5 Å². The fraction of sp³-hybridized carbons (Fsp3) is 0.167. The van der Waals surface area contributed by atoms with E-state index in [4.69, 9.17) is 17.7 Å². The average molecular weight is 194 g/mol. The van der Waals surface area contributed by atoms with Crippen molar-refractivity contribution in [1.29, 1.82) is 0 Å². The van der Waals surface area contributed by atoms with Crippen LogP contribution in [0.15, 0.2) is 36.4 Å². The molecule has 0 saturated carbocycles. The molecule has 0 atom stereocenters. The molecule has 0 saturated heterocycles. The van der Waals surface area contributed by atoms with Gasteiger partial charge in [-0.15, -0.1) is 0 Å². The van der Waals surface area contributed by atoms with Gasteiger partial charge < -0.3 is 9.47 Å². The molecule has 2 aromatic carbocycles. The summed E-state index contributed by atoms with van der Waals surface area (Å²) < 4.78 is 51.9. The molecule has 0 heterocycles. The minimum Gasteiger partial charge on any atom is -0.497 e. The van der Waals surface area contributed by atoms with Crippen molar-refractivity contribution in [3.05, 3.63) is 36.4 Å². The number of methoxy groups -OCH3 is 2. The van der Waals surface area contributed by atoms with Crippen molar-refractivity contribution in [3.8, 4) is 11.5 Å². The summed E-state index contributed by atoms with van der Waals surface area (Å²) >= 11 is 0. The Kier molecular flexibility index (Phi) is 1.08. The summed E-state index contributed by atoms with van der Waals surface area (Å²) in [7, 11) is -5.05. The molecule has 0 aliphatic rings. The Morgan fingerprint density at radius 2 is 1.43 bits per heavy atom. The lowest BCUT2D eigenvalue weighted by molar-refractivity contribution is 0.414. The molecule has 2 rings (SSSR count). The lowest BCUT2D eigenvalue weighted by atomic mass is 10.1. The molecule has 0 aliphatic carbocycles. The Labute approximate surface area is 91.5 Å². The first-order valence-corrected chi connectivity index (χ1v) is 4.04. The molecule has 0 amide bonds. The first-order chi connectivity index (χ1) is 9.12. The van der Waals surface area contributed by atoms with Gasteiger partial charge in [0.2, 0.25) is 0 Å². The van der Waals surface area contributed by atoms with Crippen LogP contribution in [-0.4, -0.2) is 14.1 Å². The van der Waals surface area contributed by atoms with E-state index in [0.717, 1.165) is 5.39 Å². The van der Waals surface area contributed by atoms with Crippen LogP contribution in [-0.2, 0) is 0 Å². The SMILES string of the molecule is [2H]C([2H])([2H])Oc1ccc2ccc(OC([2H])([2H])[2H])cc2c1. The summed E-state index contributed by atoms with van der Waals surface area (Å²) in [6.45, 7) is 0. The van der Waals surface area contributed by atoms with Gasteiger partial charge >= 0.3 is 0 Å². The van der Waals surface area contributed by atoms with Crippen LogP contribution in [0.3, 0.4) is 0 Å². The molecule has 0 radical (unpaired) electrons. The van der Waals surface area contributed by atoms with Crippen LogP contribution in [0.25, 0.3) is 10.8 Å². The Hall–Kier alpha value is -1.70. The first kappa shape index (κ1) is 4.22. The summed E-state index contributed by atoms with van der Waals surface area (Å²) in [5.41, 5.74) is 0. The van der Waals surface area contributed by atoms with E-state index in [1.165, 1.54) is 12.1 Å². The lowest BCUT2D eigenvalue weighted by Crippen LogP contribution is -1.84. The second kappa shape index (κ2) is 3.58. The highest BCUT2D eigenvalue weighted by atomic mass is 16.5. The predicted molar refractivity (Wildman–Crippen MR) is 57.1 cm³/mol. The first-order valence-electron chi connectivity index (χ1n) is 7.04. The Balaban J connectivity index is 2.34. The zero-order valence-electron chi connectivity index (χ0n) is 13.3. The van der Waals surface area contributed by atoms with Crippen LogP contribution in [0.4, 0.5) is 0 Å². The van der Waals surface area contributed by atoms with Gasteiger partial charge in [-0.2, -0.15) is 0 Å². The van der Waals surface area contributed by atoms with Gasteiger partial charge in [-0.05, 0) is 35.0 Å². The third kappa shape index (κ3) is 1.51. The molecule has 0 bridgehead atoms. The maximum absolute atomic E-state index is 7.05. The highest BCUT2D eigenvalue weighted by Gasteiger charge is 1.97. The van der Waals surface area contributed by atoms with E-state index in [9.17, 15) is 0 Å². The van der Waals surface area contributed by atoms with Crippen LogP contribution in [0, 0.1) is 0 Å². The van der Waals surface area contributed by atoms with Crippen LogP contribution in [0.2, 0.25) is 0 Å². The van der Waals surface area contributed by atoms with Gasteiger partial charge in [0.15, 0.2) is 0 Å². The fourth-order valence-electron chi connectivity index (χ4n) is 1.33. The molecule has 0 aliphatic heterocycles. The Morgan fingerprint density at radius 3 is 1.93 bits per heavy atom. The van der Waals surface area contributed by atoms with Crippen LogP contribution < -0.4 is 9.47 Å². The molecule has 0 fully saturated rings. The molecule has 2 aromatic rings. The van der Waals surface area contributed by atoms with Gasteiger partial charge in [-0.3, -0.25) is 0 Å². The van der Waals surface area contributed by atoms with E-state index >= 15 is 0 Å². The van der Waals surface area contributed by atoms with Crippen molar-refractivity contribution in [2.45, 2.75) is 0 Å². The number of rotatable bonds is 2. The van der Waals surface area contributed by atoms with Gasteiger partial charge in [-0.25, -0.2) is 0 Å². The lowest BCUT2D eigenvalue weighted by Gasteiger charge is -2.04. The highest BCUT2D eigenvalue weighted by Crippen LogP contribution is 2.24. The molecular weight excluding hydrogens is 176 g/mol. The van der Waals surface area contributed by atoms with E-state index in [2.05, 4.69) is 0 Å². The smallest absolute Gasteiger partial charge is 0.119 e. The van der Waals surface area contributed by atoms with Crippen molar-refractivity contribution in [2.24, 2.45) is 0 Å². The summed E-state index contributed by atoms with van der Waals surface area (Å²) in [6.07, 6.45) is 0. The van der Waals surface area contributed by atoms with E-state index in [1.807, 2.05) is 0 Å². The van der Waals surface area contributed by atoms with Gasteiger partial charge in [0.05, 0.1) is 22.3 Å². The molecule has 0 spiro atoms. The minimum absolute atomic E-state index is 0.184. The second-order valence-electron chi connectivity index (χ2n) is 2.87. The third-order valence-electron chi connectivity index (χ3n) is 2.02. The molecule has 2 heteroatoms. The van der Waals surface area contributed by atoms with Crippen LogP contribution in [0.1, 0.15) is 8.22 Å². The summed E-state index contributed by atoms with van der Waals surface area (Å²) in [6, 6.07) is 9.51. The number of fused-ring (bicyclic) bond motifs is 1. The average Bonchev–Trinajstić information content (AvgIpc) is 2.23. The van der Waals surface area contributed by atoms with E-state index in [1.54, 1.807) is 24.3 Å². The number of hydrogen-bond donors (Lipinski definition) is 0. The maximum Gasteiger partial charge on any atom is 0.119 e. The maximum atomic E-state index is 7.05. The van der Waals surface area contributed by atoms with E-state index in [-0.39, 0.29) is 11.5 Å². The van der Waals surface area contributed by atoms with Crippen molar-refractivity contribution >= 4 is 10.8 Å². The monoisotopic (exact) mass is 194 g/mol. The minimum atomic E-state index is -2.53. The number of ether oxygens (including phenoxy) is 2. The Bertz CT molecular complexity index is 567. The molecule has 0 unspecified atom stereocenters. The second-order valence-corrected chi connectivity index (χ2v) is 2.87. The zero-order valence-corrected chi connectivity index (χ0v) is 7.28. The van der Waals surface area contributed by atoms with E-state index < -0.39 is 14.1 Å². The molecule has 72 valence electrons. The molecule has 0 aromatic heterocycles. The zero-order chi connectivity index (χ0) is 15.0. The molecule has 14 heavy (non-hydrogen) atoms. The van der Waals surface area contributed by atoms with Crippen molar-refractivity contribution in [2.75, 3.05) is 14.1 Å². The standard InChI is InChI=1S/C12H12O2/c1-13-11-5-3-9-4-6-12(14-2)8-10(9)7-11/h3-8H,1-2H3/i1D3,2D3. The Morgan fingerprint density at radius 1 is 0.857 bits per heavy atom. The fourth-order valence-corrected chi connectivity index (χ4v) is 1.33. The van der Waals surface area contributed by atoms with Gasteiger partial charge in [-0.1, -0.05) is 12.1 Å². The summed E-state index contributed by atoms with van der Waals surface area (Å²) in [5.74, 6) is 0.368.